The van der Waals surface area contributed by atoms with E-state index in [0.29, 0.717) is 13.1 Å². The summed E-state index contributed by atoms with van der Waals surface area (Å²) in [6.07, 6.45) is 4.74. The molecule has 0 heterocycles. The van der Waals surface area contributed by atoms with Gasteiger partial charge >= 0.3 is 0 Å². The zero-order valence-electron chi connectivity index (χ0n) is 12.0. The SMILES string of the molecule is Cc1ccc(C(=O)NCC2(CN)CCCC2)cc1C. The van der Waals surface area contributed by atoms with Crippen LogP contribution in [-0.4, -0.2) is 19.0 Å². The highest BCUT2D eigenvalue weighted by Gasteiger charge is 2.32. The van der Waals surface area contributed by atoms with E-state index in [1.807, 2.05) is 25.1 Å². The lowest BCUT2D eigenvalue weighted by molar-refractivity contribution is 0.0932. The predicted molar refractivity (Wildman–Crippen MR) is 78.2 cm³/mol. The van der Waals surface area contributed by atoms with E-state index < -0.39 is 0 Å². The van der Waals surface area contributed by atoms with Crippen molar-refractivity contribution in [2.75, 3.05) is 13.1 Å². The van der Waals surface area contributed by atoms with E-state index in [2.05, 4.69) is 12.2 Å². The predicted octanol–water partition coefficient (Wildman–Crippen LogP) is 2.55. The first-order valence-corrected chi connectivity index (χ1v) is 7.12. The first kappa shape index (κ1) is 14.1. The van der Waals surface area contributed by atoms with E-state index in [-0.39, 0.29) is 11.3 Å². The van der Waals surface area contributed by atoms with Gasteiger partial charge in [-0.1, -0.05) is 18.9 Å². The average molecular weight is 260 g/mol. The lowest BCUT2D eigenvalue weighted by Crippen LogP contribution is -2.40. The van der Waals surface area contributed by atoms with Gasteiger partial charge in [-0.2, -0.15) is 0 Å². The van der Waals surface area contributed by atoms with E-state index in [4.69, 9.17) is 5.73 Å². The van der Waals surface area contributed by atoms with Crippen molar-refractivity contribution in [3.05, 3.63) is 34.9 Å². The number of nitrogens with two attached hydrogens (primary N) is 1. The van der Waals surface area contributed by atoms with Crippen LogP contribution in [0.25, 0.3) is 0 Å². The van der Waals surface area contributed by atoms with Crippen LogP contribution >= 0.6 is 0 Å². The number of benzene rings is 1. The van der Waals surface area contributed by atoms with Crippen LogP contribution < -0.4 is 11.1 Å². The number of carbonyl (C=O) groups is 1. The molecule has 2 rings (SSSR count). The molecule has 1 aromatic carbocycles. The molecule has 0 aromatic heterocycles. The molecular formula is C16H24N2O. The molecular weight excluding hydrogens is 236 g/mol. The molecule has 1 amide bonds. The van der Waals surface area contributed by atoms with Gasteiger partial charge in [0.05, 0.1) is 0 Å². The van der Waals surface area contributed by atoms with Crippen LogP contribution in [0.4, 0.5) is 0 Å². The lowest BCUT2D eigenvalue weighted by atomic mass is 9.86. The van der Waals surface area contributed by atoms with Gasteiger partial charge in [-0.3, -0.25) is 4.79 Å². The van der Waals surface area contributed by atoms with Crippen molar-refractivity contribution in [1.82, 2.24) is 5.32 Å². The number of carbonyl (C=O) groups excluding carboxylic acids is 1. The fraction of sp³-hybridized carbons (Fsp3) is 0.562. The van der Waals surface area contributed by atoms with Gasteiger partial charge in [-0.25, -0.2) is 0 Å². The Morgan fingerprint density at radius 1 is 1.26 bits per heavy atom. The van der Waals surface area contributed by atoms with Crippen molar-refractivity contribution in [1.29, 1.82) is 0 Å². The molecule has 1 fully saturated rings. The van der Waals surface area contributed by atoms with Gasteiger partial charge in [0.2, 0.25) is 0 Å². The van der Waals surface area contributed by atoms with Gasteiger partial charge in [-0.15, -0.1) is 0 Å². The molecule has 19 heavy (non-hydrogen) atoms. The Morgan fingerprint density at radius 3 is 2.53 bits per heavy atom. The monoisotopic (exact) mass is 260 g/mol. The highest BCUT2D eigenvalue weighted by Crippen LogP contribution is 2.36. The third-order valence-electron chi connectivity index (χ3n) is 4.49. The van der Waals surface area contributed by atoms with Crippen LogP contribution in [0.2, 0.25) is 0 Å². The Balaban J connectivity index is 1.99. The van der Waals surface area contributed by atoms with Crippen LogP contribution in [0.15, 0.2) is 18.2 Å². The maximum atomic E-state index is 12.2. The van der Waals surface area contributed by atoms with Gasteiger partial charge in [0.25, 0.3) is 5.91 Å². The molecule has 0 aliphatic heterocycles. The van der Waals surface area contributed by atoms with Crippen molar-refractivity contribution in [2.24, 2.45) is 11.1 Å². The summed E-state index contributed by atoms with van der Waals surface area (Å²) in [5, 5.41) is 3.06. The molecule has 1 aromatic rings. The van der Waals surface area contributed by atoms with Crippen molar-refractivity contribution in [2.45, 2.75) is 39.5 Å². The molecule has 104 valence electrons. The van der Waals surface area contributed by atoms with Crippen molar-refractivity contribution in [3.63, 3.8) is 0 Å². The van der Waals surface area contributed by atoms with Crippen LogP contribution in [0.5, 0.6) is 0 Å². The van der Waals surface area contributed by atoms with Crippen LogP contribution in [-0.2, 0) is 0 Å². The molecule has 1 aliphatic carbocycles. The fourth-order valence-corrected chi connectivity index (χ4v) is 2.83. The Labute approximate surface area is 115 Å². The summed E-state index contributed by atoms with van der Waals surface area (Å²) in [5.41, 5.74) is 9.13. The standard InChI is InChI=1S/C16H24N2O/c1-12-5-6-14(9-13(12)2)15(19)18-11-16(10-17)7-3-4-8-16/h5-6,9H,3-4,7-8,10-11,17H2,1-2H3,(H,18,19). The molecule has 3 nitrogen and oxygen atoms in total. The molecule has 0 radical (unpaired) electrons. The largest absolute Gasteiger partial charge is 0.351 e. The molecule has 1 aliphatic rings. The van der Waals surface area contributed by atoms with Gasteiger partial charge < -0.3 is 11.1 Å². The maximum Gasteiger partial charge on any atom is 0.251 e. The van der Waals surface area contributed by atoms with Gasteiger partial charge in [0.1, 0.15) is 0 Å². The van der Waals surface area contributed by atoms with Gasteiger partial charge in [-0.05, 0) is 61.9 Å². The quantitative estimate of drug-likeness (QED) is 0.874. The van der Waals surface area contributed by atoms with Crippen LogP contribution in [0.1, 0.15) is 47.2 Å². The van der Waals surface area contributed by atoms with Crippen LogP contribution in [0.3, 0.4) is 0 Å². The molecule has 0 unspecified atom stereocenters. The van der Waals surface area contributed by atoms with Crippen molar-refractivity contribution < 1.29 is 4.79 Å². The molecule has 0 atom stereocenters. The van der Waals surface area contributed by atoms with E-state index >= 15 is 0 Å². The topological polar surface area (TPSA) is 55.1 Å². The fourth-order valence-electron chi connectivity index (χ4n) is 2.83. The highest BCUT2D eigenvalue weighted by atomic mass is 16.1. The summed E-state index contributed by atoms with van der Waals surface area (Å²) in [5.74, 6) is 0.0165. The van der Waals surface area contributed by atoms with Gasteiger partial charge in [0.15, 0.2) is 0 Å². The van der Waals surface area contributed by atoms with Gasteiger partial charge in [0, 0.05) is 12.1 Å². The van der Waals surface area contributed by atoms with E-state index in [1.165, 1.54) is 18.4 Å². The molecule has 3 heteroatoms. The number of aryl methyl sites for hydroxylation is 2. The van der Waals surface area contributed by atoms with Crippen molar-refractivity contribution >= 4 is 5.91 Å². The first-order valence-electron chi connectivity index (χ1n) is 7.12. The number of rotatable bonds is 4. The Bertz CT molecular complexity index is 462. The summed E-state index contributed by atoms with van der Waals surface area (Å²) in [7, 11) is 0. The second kappa shape index (κ2) is 5.74. The van der Waals surface area contributed by atoms with E-state index in [0.717, 1.165) is 24.0 Å². The minimum Gasteiger partial charge on any atom is -0.351 e. The Kier molecular flexibility index (Phi) is 4.25. The smallest absolute Gasteiger partial charge is 0.251 e. The van der Waals surface area contributed by atoms with Crippen LogP contribution in [0, 0.1) is 19.3 Å². The third-order valence-corrected chi connectivity index (χ3v) is 4.49. The first-order chi connectivity index (χ1) is 9.06. The molecule has 1 saturated carbocycles. The van der Waals surface area contributed by atoms with Crippen molar-refractivity contribution in [3.8, 4) is 0 Å². The number of amides is 1. The molecule has 0 saturated heterocycles. The minimum atomic E-state index is 0.0165. The zero-order valence-corrected chi connectivity index (χ0v) is 12.0. The number of hydrogen-bond donors (Lipinski definition) is 2. The second-order valence-electron chi connectivity index (χ2n) is 5.89. The molecule has 3 N–H and O–H groups in total. The Morgan fingerprint density at radius 2 is 1.95 bits per heavy atom. The lowest BCUT2D eigenvalue weighted by Gasteiger charge is -2.27. The zero-order chi connectivity index (χ0) is 13.9. The van der Waals surface area contributed by atoms with E-state index in [9.17, 15) is 4.79 Å². The number of nitrogens with one attached hydrogen (secondary N) is 1. The third kappa shape index (κ3) is 3.16. The second-order valence-corrected chi connectivity index (χ2v) is 5.89. The summed E-state index contributed by atoms with van der Waals surface area (Å²) in [4.78, 5) is 12.2. The minimum absolute atomic E-state index is 0.0165. The summed E-state index contributed by atoms with van der Waals surface area (Å²) >= 11 is 0. The summed E-state index contributed by atoms with van der Waals surface area (Å²) in [6.45, 7) is 5.46. The summed E-state index contributed by atoms with van der Waals surface area (Å²) in [6, 6.07) is 5.84. The maximum absolute atomic E-state index is 12.2. The average Bonchev–Trinajstić information content (AvgIpc) is 2.89. The van der Waals surface area contributed by atoms with E-state index in [1.54, 1.807) is 0 Å². The molecule has 0 bridgehead atoms. The normalized spacial score (nSPS) is 17.4. The summed E-state index contributed by atoms with van der Waals surface area (Å²) < 4.78 is 0. The number of hydrogen-bond acceptors (Lipinski definition) is 2. The Hall–Kier alpha value is -1.35. The highest BCUT2D eigenvalue weighted by molar-refractivity contribution is 5.94. The molecule has 0 spiro atoms.